The Morgan fingerprint density at radius 3 is 2.60 bits per heavy atom. The minimum absolute atomic E-state index is 0.107. The molecule has 0 radical (unpaired) electrons. The van der Waals surface area contributed by atoms with Crippen LogP contribution in [0.5, 0.6) is 11.5 Å². The van der Waals surface area contributed by atoms with Gasteiger partial charge in [0.1, 0.15) is 0 Å². The summed E-state index contributed by atoms with van der Waals surface area (Å²) in [5.74, 6) is 0.739. The van der Waals surface area contributed by atoms with Gasteiger partial charge < -0.3 is 18.9 Å². The summed E-state index contributed by atoms with van der Waals surface area (Å²) in [5.41, 5.74) is 1.16. The Hall–Kier alpha value is -2.70. The molecule has 1 aromatic heterocycles. The van der Waals surface area contributed by atoms with E-state index in [0.29, 0.717) is 29.4 Å². The molecule has 2 rings (SSSR count). The minimum Gasteiger partial charge on any atom is -0.491 e. The molecule has 0 saturated heterocycles. The lowest BCUT2D eigenvalue weighted by atomic mass is 10.1. The molecule has 25 heavy (non-hydrogen) atoms. The maximum atomic E-state index is 12.1. The highest BCUT2D eigenvalue weighted by Crippen LogP contribution is 2.28. The number of aromatic nitrogens is 1. The van der Waals surface area contributed by atoms with Crippen LogP contribution in [-0.4, -0.2) is 38.1 Å². The van der Waals surface area contributed by atoms with E-state index in [1.165, 1.54) is 26.5 Å². The normalized spacial score (nSPS) is 12.1. The summed E-state index contributed by atoms with van der Waals surface area (Å²) in [5, 5.41) is 0. The third-order valence-corrected chi connectivity index (χ3v) is 3.25. The number of allylic oxidation sites excluding steroid dienone is 1. The molecule has 0 N–H and O–H groups in total. The quantitative estimate of drug-likeness (QED) is 0.395. The van der Waals surface area contributed by atoms with E-state index in [9.17, 15) is 4.79 Å². The number of ketones is 1. The van der Waals surface area contributed by atoms with E-state index in [1.807, 2.05) is 25.1 Å². The highest BCUT2D eigenvalue weighted by atomic mass is 16.8. The molecule has 132 valence electrons. The van der Waals surface area contributed by atoms with Crippen LogP contribution >= 0.6 is 0 Å². The number of methoxy groups -OCH3 is 2. The molecule has 1 atom stereocenters. The van der Waals surface area contributed by atoms with Crippen LogP contribution < -0.4 is 9.47 Å². The predicted molar refractivity (Wildman–Crippen MR) is 93.6 cm³/mol. The molecule has 0 aliphatic carbocycles. The summed E-state index contributed by atoms with van der Waals surface area (Å²) in [4.78, 5) is 16.4. The molecule has 1 aromatic carbocycles. The highest BCUT2D eigenvalue weighted by molar-refractivity contribution is 6.06. The van der Waals surface area contributed by atoms with Gasteiger partial charge in [0.2, 0.25) is 0 Å². The van der Waals surface area contributed by atoms with E-state index in [2.05, 4.69) is 4.98 Å². The van der Waals surface area contributed by atoms with Crippen molar-refractivity contribution in [2.75, 3.05) is 20.8 Å². The third kappa shape index (κ3) is 5.41. The van der Waals surface area contributed by atoms with Gasteiger partial charge in [-0.05, 0) is 19.1 Å². The van der Waals surface area contributed by atoms with Crippen LogP contribution in [0, 0.1) is 0 Å². The Kier molecular flexibility index (Phi) is 7.13. The van der Waals surface area contributed by atoms with Crippen molar-refractivity contribution in [3.63, 3.8) is 0 Å². The predicted octanol–water partition coefficient (Wildman–Crippen LogP) is 3.33. The van der Waals surface area contributed by atoms with Gasteiger partial charge in [-0.3, -0.25) is 9.78 Å². The van der Waals surface area contributed by atoms with Gasteiger partial charge in [0.05, 0.1) is 25.6 Å². The minimum atomic E-state index is -0.857. The Morgan fingerprint density at radius 1 is 1.20 bits per heavy atom. The summed E-state index contributed by atoms with van der Waals surface area (Å²) in [7, 11) is 2.99. The van der Waals surface area contributed by atoms with Gasteiger partial charge >= 0.3 is 6.48 Å². The SMILES string of the molecule is CCOC(OC)Oc1cc(C=CC(=O)c2ccccc2)ncc1OC. The zero-order chi connectivity index (χ0) is 18.1. The van der Waals surface area contributed by atoms with Gasteiger partial charge in [0, 0.05) is 18.7 Å². The lowest BCUT2D eigenvalue weighted by Crippen LogP contribution is -2.22. The summed E-state index contributed by atoms with van der Waals surface area (Å²) in [6, 6.07) is 10.7. The molecule has 1 unspecified atom stereocenters. The molecular weight excluding hydrogens is 322 g/mol. The van der Waals surface area contributed by atoms with Crippen molar-refractivity contribution in [2.24, 2.45) is 0 Å². The highest BCUT2D eigenvalue weighted by Gasteiger charge is 2.13. The fraction of sp³-hybridized carbons (Fsp3) is 0.263. The number of carbonyl (C=O) groups is 1. The Balaban J connectivity index is 2.17. The zero-order valence-electron chi connectivity index (χ0n) is 14.5. The van der Waals surface area contributed by atoms with E-state index < -0.39 is 6.48 Å². The smallest absolute Gasteiger partial charge is 0.315 e. The second kappa shape index (κ2) is 9.56. The number of rotatable bonds is 9. The van der Waals surface area contributed by atoms with Crippen LogP contribution in [-0.2, 0) is 9.47 Å². The fourth-order valence-corrected chi connectivity index (χ4v) is 2.03. The number of hydrogen-bond donors (Lipinski definition) is 0. The van der Waals surface area contributed by atoms with Gasteiger partial charge in [0.25, 0.3) is 0 Å². The Morgan fingerprint density at radius 2 is 1.96 bits per heavy atom. The van der Waals surface area contributed by atoms with Gasteiger partial charge in [-0.1, -0.05) is 30.3 Å². The molecule has 0 amide bonds. The van der Waals surface area contributed by atoms with E-state index in [-0.39, 0.29) is 5.78 Å². The van der Waals surface area contributed by atoms with Gasteiger partial charge in [-0.15, -0.1) is 0 Å². The molecule has 0 aliphatic rings. The second-order valence-corrected chi connectivity index (χ2v) is 4.92. The number of nitrogens with zero attached hydrogens (tertiary/aromatic N) is 1. The largest absolute Gasteiger partial charge is 0.491 e. The van der Waals surface area contributed by atoms with Crippen LogP contribution in [0.3, 0.4) is 0 Å². The Labute approximate surface area is 147 Å². The number of ether oxygens (including phenoxy) is 4. The fourth-order valence-electron chi connectivity index (χ4n) is 2.03. The molecule has 0 aliphatic heterocycles. The maximum Gasteiger partial charge on any atom is 0.315 e. The van der Waals surface area contributed by atoms with Crippen LogP contribution in [0.25, 0.3) is 6.08 Å². The number of carbonyl (C=O) groups excluding carboxylic acids is 1. The van der Waals surface area contributed by atoms with E-state index in [4.69, 9.17) is 18.9 Å². The molecule has 0 bridgehead atoms. The summed E-state index contributed by atoms with van der Waals surface area (Å²) in [6.45, 7) is 1.41. The number of pyridine rings is 1. The molecule has 6 heteroatoms. The first kappa shape index (κ1) is 18.6. The third-order valence-electron chi connectivity index (χ3n) is 3.25. The van der Waals surface area contributed by atoms with E-state index >= 15 is 0 Å². The lowest BCUT2D eigenvalue weighted by molar-refractivity contribution is -0.231. The Bertz CT molecular complexity index is 715. The maximum absolute atomic E-state index is 12.1. The van der Waals surface area contributed by atoms with Gasteiger partial charge in [0.15, 0.2) is 17.3 Å². The summed E-state index contributed by atoms with van der Waals surface area (Å²) in [6.07, 6.45) is 4.59. The van der Waals surface area contributed by atoms with Crippen LogP contribution in [0.2, 0.25) is 0 Å². The first-order chi connectivity index (χ1) is 12.2. The van der Waals surface area contributed by atoms with Crippen LogP contribution in [0.1, 0.15) is 23.0 Å². The molecule has 6 nitrogen and oxygen atoms in total. The van der Waals surface area contributed by atoms with Crippen molar-refractivity contribution in [1.82, 2.24) is 4.98 Å². The molecule has 2 aromatic rings. The molecule has 0 spiro atoms. The first-order valence-corrected chi connectivity index (χ1v) is 7.80. The van der Waals surface area contributed by atoms with Gasteiger partial charge in [-0.25, -0.2) is 0 Å². The average molecular weight is 343 g/mol. The molecular formula is C19H21NO5. The second-order valence-electron chi connectivity index (χ2n) is 4.92. The van der Waals surface area contributed by atoms with Crippen molar-refractivity contribution in [1.29, 1.82) is 0 Å². The van der Waals surface area contributed by atoms with E-state index in [1.54, 1.807) is 24.3 Å². The number of benzene rings is 1. The molecule has 1 heterocycles. The van der Waals surface area contributed by atoms with E-state index in [0.717, 1.165) is 0 Å². The standard InChI is InChI=1S/C19H21NO5/c1-4-24-19(23-3)25-17-12-15(20-13-18(17)22-2)10-11-16(21)14-8-6-5-7-9-14/h5-13,19H,4H2,1-3H3. The monoisotopic (exact) mass is 343 g/mol. The van der Waals surface area contributed by atoms with Crippen LogP contribution in [0.4, 0.5) is 0 Å². The van der Waals surface area contributed by atoms with Crippen LogP contribution in [0.15, 0.2) is 48.7 Å². The summed E-state index contributed by atoms with van der Waals surface area (Å²) < 4.78 is 21.3. The molecule has 0 saturated carbocycles. The van der Waals surface area contributed by atoms with Crippen molar-refractivity contribution in [2.45, 2.75) is 13.4 Å². The van der Waals surface area contributed by atoms with Crippen molar-refractivity contribution in [3.8, 4) is 11.5 Å². The first-order valence-electron chi connectivity index (χ1n) is 7.80. The van der Waals surface area contributed by atoms with Crippen molar-refractivity contribution in [3.05, 3.63) is 59.9 Å². The van der Waals surface area contributed by atoms with Crippen molar-refractivity contribution < 1.29 is 23.7 Å². The molecule has 0 fully saturated rings. The van der Waals surface area contributed by atoms with Gasteiger partial charge in [-0.2, -0.15) is 0 Å². The lowest BCUT2D eigenvalue weighted by Gasteiger charge is -2.18. The zero-order valence-corrected chi connectivity index (χ0v) is 14.5. The number of hydrogen-bond acceptors (Lipinski definition) is 6. The van der Waals surface area contributed by atoms with Crippen molar-refractivity contribution >= 4 is 11.9 Å². The average Bonchev–Trinajstić information content (AvgIpc) is 2.66. The summed E-state index contributed by atoms with van der Waals surface area (Å²) >= 11 is 0. The topological polar surface area (TPSA) is 66.9 Å².